The molecule has 49 heavy (non-hydrogen) atoms. The van der Waals surface area contributed by atoms with Crippen molar-refractivity contribution in [1.29, 1.82) is 0 Å². The van der Waals surface area contributed by atoms with E-state index in [1.54, 1.807) is 6.92 Å². The topological polar surface area (TPSA) is 24.7 Å². The average molecular weight is 719 g/mol. The van der Waals surface area contributed by atoms with Gasteiger partial charge in [0.25, 0.3) is 0 Å². The van der Waals surface area contributed by atoms with Gasteiger partial charge in [0, 0.05) is 29.0 Å². The zero-order valence-electron chi connectivity index (χ0n) is 53.9. The molecule has 0 aromatic heterocycles. The SMILES string of the molecule is [3H]C(/C([3H])=C(/[3H])C(C)(C)C)=C(\[3H])C(C)(C)C.[3H]C(=N/C(C)=C(/[3H])C(C)(C)C)C(C)(C)C.[3H]C(=NC(C)(C)C)/C([3H])=C(/[3H])C(C)(C)C.[3H]C([3H])(C(C)(C)C)C([3H])([3H])C([3H])([3H])C([3H])([3H])C(C)(C)C. The monoisotopic (exact) mass is 719 g/mol. The zero-order chi connectivity index (χ0) is 55.2. The van der Waals surface area contributed by atoms with Crippen LogP contribution in [0.15, 0.2) is 58.0 Å². The van der Waals surface area contributed by atoms with Crippen LogP contribution in [-0.4, -0.2) is 17.9 Å². The number of hydrogen-bond donors (Lipinski definition) is 0. The molecular formula is C47H92N2. The van der Waals surface area contributed by atoms with Crippen molar-refractivity contribution in [2.75, 3.05) is 0 Å². The lowest BCUT2D eigenvalue weighted by molar-refractivity contribution is 0.318. The van der Waals surface area contributed by atoms with Gasteiger partial charge in [-0.1, -0.05) is 194 Å². The molecule has 0 N–H and O–H groups in total. The lowest BCUT2D eigenvalue weighted by Crippen LogP contribution is -2.09. The molecule has 0 radical (unpaired) electrons. The molecule has 0 heterocycles. The van der Waals surface area contributed by atoms with Crippen LogP contribution >= 0.6 is 0 Å². The summed E-state index contributed by atoms with van der Waals surface area (Å²) >= 11 is 0. The van der Waals surface area contributed by atoms with E-state index in [1.165, 1.54) is 41.5 Å². The molecule has 0 aliphatic heterocycles. The fourth-order valence-corrected chi connectivity index (χ4v) is 2.11. The molecule has 0 atom stereocenters. The van der Waals surface area contributed by atoms with Gasteiger partial charge >= 0.3 is 0 Å². The largest absolute Gasteiger partial charge is 0.287 e. The molecule has 290 valence electrons. The first-order valence-corrected chi connectivity index (χ1v) is 17.4. The van der Waals surface area contributed by atoms with Crippen molar-refractivity contribution in [3.05, 3.63) is 48.1 Å². The summed E-state index contributed by atoms with van der Waals surface area (Å²) in [6.07, 6.45) is -10.8. The maximum absolute atomic E-state index is 8.01. The fraction of sp³-hybridized carbons (Fsp3) is 0.787. The van der Waals surface area contributed by atoms with Gasteiger partial charge in [-0.3, -0.25) is 9.98 Å². The van der Waals surface area contributed by atoms with E-state index in [0.717, 1.165) is 0 Å². The highest BCUT2D eigenvalue weighted by atomic mass is 14.8. The molecule has 0 aliphatic carbocycles. The summed E-state index contributed by atoms with van der Waals surface area (Å²) in [6, 6.07) is 0.479. The Bertz CT molecular complexity index is 1720. The van der Waals surface area contributed by atoms with Gasteiger partial charge in [-0.15, -0.1) is 0 Å². The summed E-state index contributed by atoms with van der Waals surface area (Å²) in [4.78, 5) is 8.25. The van der Waals surface area contributed by atoms with Crippen LogP contribution in [0.25, 0.3) is 0 Å². The van der Waals surface area contributed by atoms with Gasteiger partial charge in [-0.05, 0) is 84.4 Å². The predicted molar refractivity (Wildman–Crippen MR) is 233 cm³/mol. The Hall–Kier alpha value is -1.70. The Morgan fingerprint density at radius 1 is 0.490 bits per heavy atom. The van der Waals surface area contributed by atoms with Gasteiger partial charge in [0.05, 0.1) is 17.9 Å². The Labute approximate surface area is 335 Å². The molecule has 0 saturated carbocycles. The van der Waals surface area contributed by atoms with E-state index in [0.29, 0.717) is 17.9 Å². The van der Waals surface area contributed by atoms with E-state index in [-0.39, 0.29) is 58.9 Å². The number of hydrogen-bond acceptors (Lipinski definition) is 2. The fourth-order valence-electron chi connectivity index (χ4n) is 2.11. The highest BCUT2D eigenvalue weighted by molar-refractivity contribution is 5.71. The van der Waals surface area contributed by atoms with E-state index in [4.69, 9.17) is 23.3 Å². The van der Waals surface area contributed by atoms with Crippen LogP contribution in [0, 0.1) is 37.9 Å². The predicted octanol–water partition coefficient (Wildman–Crippen LogP) is 16.3. The molecule has 0 saturated heterocycles. The van der Waals surface area contributed by atoms with Crippen LogP contribution < -0.4 is 0 Å². The smallest absolute Gasteiger partial charge is 0.0835 e. The van der Waals surface area contributed by atoms with Gasteiger partial charge in [0.15, 0.2) is 0 Å². The van der Waals surface area contributed by atoms with Gasteiger partial charge in [-0.25, -0.2) is 0 Å². The highest BCUT2D eigenvalue weighted by Gasteiger charge is 2.13. The maximum atomic E-state index is 8.01. The average Bonchev–Trinajstić information content (AvgIpc) is 3.05. The Kier molecular flexibility index (Phi) is 13.1. The van der Waals surface area contributed by atoms with Crippen LogP contribution in [0.5, 0.6) is 0 Å². The van der Waals surface area contributed by atoms with Crippen molar-refractivity contribution >= 4 is 12.4 Å². The molecular weight excluding hydrogens is 593 g/mol. The minimum absolute atomic E-state index is 0.0857. The third-order valence-corrected chi connectivity index (χ3v) is 3.87. The van der Waals surface area contributed by atoms with E-state index >= 15 is 0 Å². The first kappa shape index (κ1) is 27.9. The normalized spacial score (nSPS) is 22.7. The van der Waals surface area contributed by atoms with Crippen LogP contribution in [0.2, 0.25) is 0 Å². The zero-order valence-corrected chi connectivity index (χ0v) is 36.9. The first-order valence-electron chi connectivity index (χ1n) is 25.9. The van der Waals surface area contributed by atoms with Crippen molar-refractivity contribution in [2.24, 2.45) is 47.9 Å². The number of rotatable bonds is 6. The Balaban J connectivity index is -0.000000391. The van der Waals surface area contributed by atoms with Crippen LogP contribution in [0.4, 0.5) is 0 Å². The number of aliphatic imine (C=N–C) groups is 2. The quantitative estimate of drug-likeness (QED) is 0.193. The number of nitrogens with zero attached hydrogens (tertiary/aromatic N) is 2. The molecule has 0 aromatic rings. The molecule has 0 fully saturated rings. The highest BCUT2D eigenvalue weighted by Crippen LogP contribution is 2.26. The van der Waals surface area contributed by atoms with Gasteiger partial charge in [0.1, 0.15) is 0 Å². The maximum Gasteiger partial charge on any atom is 0.0835 e. The van der Waals surface area contributed by atoms with Gasteiger partial charge in [-0.2, -0.15) is 0 Å². The van der Waals surface area contributed by atoms with Crippen molar-refractivity contribution < 1.29 is 23.3 Å². The molecule has 2 nitrogen and oxygen atoms in total. The van der Waals surface area contributed by atoms with Crippen molar-refractivity contribution in [3.63, 3.8) is 0 Å². The molecule has 0 unspecified atom stereocenters. The van der Waals surface area contributed by atoms with Crippen LogP contribution in [0.3, 0.4) is 0 Å². The Morgan fingerprint density at radius 3 is 1.06 bits per heavy atom. The van der Waals surface area contributed by atoms with E-state index in [9.17, 15) is 0 Å². The summed E-state index contributed by atoms with van der Waals surface area (Å²) in [6.45, 7) is 44.6. The first-order chi connectivity index (χ1) is 28.0. The van der Waals surface area contributed by atoms with Crippen molar-refractivity contribution in [1.82, 2.24) is 0 Å². The van der Waals surface area contributed by atoms with Crippen LogP contribution in [0.1, 0.15) is 222 Å². The van der Waals surface area contributed by atoms with Crippen molar-refractivity contribution in [2.45, 2.75) is 204 Å². The molecule has 0 aromatic carbocycles. The van der Waals surface area contributed by atoms with Crippen LogP contribution in [-0.2, 0) is 0 Å². The minimum atomic E-state index is -2.99. The second kappa shape index (κ2) is 23.0. The molecule has 2 heteroatoms. The van der Waals surface area contributed by atoms with E-state index in [1.807, 2.05) is 125 Å². The second-order valence-corrected chi connectivity index (χ2v) is 20.3. The van der Waals surface area contributed by atoms with Gasteiger partial charge in [0.2, 0.25) is 0 Å². The van der Waals surface area contributed by atoms with Crippen molar-refractivity contribution in [3.8, 4) is 0 Å². The summed E-state index contributed by atoms with van der Waals surface area (Å²) in [5.74, 6) is 0. The Morgan fingerprint density at radius 2 is 0.816 bits per heavy atom. The summed E-state index contributed by atoms with van der Waals surface area (Å²) in [7, 11) is 0. The minimum Gasteiger partial charge on any atom is -0.287 e. The van der Waals surface area contributed by atoms with Gasteiger partial charge < -0.3 is 0 Å². The molecule has 0 amide bonds. The van der Waals surface area contributed by atoms with E-state index < -0.39 is 52.6 Å². The lowest BCUT2D eigenvalue weighted by atomic mass is 9.85. The number of allylic oxidation sites excluding steroid dienone is 8. The summed E-state index contributed by atoms with van der Waals surface area (Å²) in [5, 5.41) is 0. The standard InChI is InChI=1S/C12H23N.C12H26.C12H22.C11H21N/c1-10(8-11(2,3)4)13-9-12(5,6)7;2*1-11(2,3)9-7-8-10-12(4,5)6;1-10(2,3)8-7-9-12-11(4,5)6/h8-9H,1-7H3;7-10H2,1-6H3;7-10H,1-6H3;7-9H,1-6H3/b10-8-,13-9?;;9-7-,10-8-;8-7-,12-9?/i8T,9T;7T2,8T2,9T2,10T2;7T,8T,9T,10T;7T,8T,9T. The summed E-state index contributed by atoms with van der Waals surface area (Å²) in [5.41, 5.74) is -3.84. The molecule has 0 rings (SSSR count). The summed E-state index contributed by atoms with van der Waals surface area (Å²) < 4.78 is 134. The molecule has 0 spiro atoms. The second-order valence-electron chi connectivity index (χ2n) is 20.3. The lowest BCUT2D eigenvalue weighted by Gasteiger charge is -2.21. The van der Waals surface area contributed by atoms with E-state index in [2.05, 4.69) is 9.98 Å². The third-order valence-electron chi connectivity index (χ3n) is 3.87. The molecule has 0 bridgehead atoms. The molecule has 0 aliphatic rings. The third kappa shape index (κ3) is 69.0.